The molecule has 1 N–H and O–H groups in total. The van der Waals surface area contributed by atoms with E-state index >= 15 is 0 Å². The highest BCUT2D eigenvalue weighted by molar-refractivity contribution is 7.88. The lowest BCUT2D eigenvalue weighted by molar-refractivity contribution is -0.117. The minimum Gasteiger partial charge on any atom is -0.348 e. The smallest absolute Gasteiger partial charge is 0.244 e. The Hall–Kier alpha value is -0.880. The third-order valence-corrected chi connectivity index (χ3v) is 3.89. The maximum absolute atomic E-state index is 11.5. The molecule has 0 bridgehead atoms. The van der Waals surface area contributed by atoms with Gasteiger partial charge in [0.05, 0.1) is 6.26 Å². The first-order valence-corrected chi connectivity index (χ1v) is 7.54. The first-order valence-electron chi connectivity index (χ1n) is 5.69. The van der Waals surface area contributed by atoms with Gasteiger partial charge in [-0.25, -0.2) is 12.7 Å². The normalized spacial score (nSPS) is 21.9. The average molecular weight is 260 g/mol. The summed E-state index contributed by atoms with van der Waals surface area (Å²) in [6.07, 6.45) is 4.34. The molecule has 17 heavy (non-hydrogen) atoms. The van der Waals surface area contributed by atoms with Gasteiger partial charge in [-0.15, -0.1) is 0 Å². The Labute approximate surface area is 103 Å². The molecule has 0 radical (unpaired) electrons. The minimum absolute atomic E-state index is 0.0819. The van der Waals surface area contributed by atoms with Crippen molar-refractivity contribution in [2.75, 3.05) is 19.3 Å². The molecule has 98 valence electrons. The number of piperidine rings is 1. The number of rotatable bonds is 3. The zero-order valence-corrected chi connectivity index (χ0v) is 11.4. The fourth-order valence-corrected chi connectivity index (χ4v) is 2.78. The zero-order chi connectivity index (χ0) is 13.1. The molecule has 0 aliphatic carbocycles. The number of sulfonamides is 1. The van der Waals surface area contributed by atoms with Crippen LogP contribution in [0.25, 0.3) is 0 Å². The Kier molecular flexibility index (Phi) is 4.70. The van der Waals surface area contributed by atoms with Crippen LogP contribution in [-0.4, -0.2) is 44.0 Å². The van der Waals surface area contributed by atoms with Crippen molar-refractivity contribution in [2.45, 2.75) is 32.7 Å². The van der Waals surface area contributed by atoms with Crippen molar-refractivity contribution in [2.24, 2.45) is 0 Å². The molecule has 1 unspecified atom stereocenters. The van der Waals surface area contributed by atoms with Gasteiger partial charge < -0.3 is 5.32 Å². The van der Waals surface area contributed by atoms with Crippen LogP contribution in [0.15, 0.2) is 11.6 Å². The van der Waals surface area contributed by atoms with Gasteiger partial charge in [0.25, 0.3) is 0 Å². The molecule has 0 saturated carbocycles. The van der Waals surface area contributed by atoms with Crippen LogP contribution in [0, 0.1) is 0 Å². The van der Waals surface area contributed by atoms with E-state index in [9.17, 15) is 13.2 Å². The number of hydrogen-bond donors (Lipinski definition) is 1. The average Bonchev–Trinajstić information content (AvgIpc) is 2.15. The highest BCUT2D eigenvalue weighted by atomic mass is 32.2. The summed E-state index contributed by atoms with van der Waals surface area (Å²) in [6.45, 7) is 4.63. The predicted molar refractivity (Wildman–Crippen MR) is 67.0 cm³/mol. The molecule has 0 aromatic carbocycles. The fraction of sp³-hybridized carbons (Fsp3) is 0.727. The van der Waals surface area contributed by atoms with E-state index in [0.717, 1.165) is 18.4 Å². The number of nitrogens with one attached hydrogen (secondary N) is 1. The summed E-state index contributed by atoms with van der Waals surface area (Å²) >= 11 is 0. The van der Waals surface area contributed by atoms with Crippen LogP contribution >= 0.6 is 0 Å². The molecule has 6 heteroatoms. The van der Waals surface area contributed by atoms with Crippen LogP contribution in [0.4, 0.5) is 0 Å². The van der Waals surface area contributed by atoms with E-state index in [1.807, 2.05) is 13.8 Å². The standard InChI is InChI=1S/C11H20N2O3S/c1-9(2)7-11(14)12-10-5-4-6-13(8-10)17(3,15)16/h7,10H,4-6,8H2,1-3H3,(H,12,14). The Balaban J connectivity index is 2.57. The molecule has 0 aromatic rings. The van der Waals surface area contributed by atoms with Crippen LogP contribution in [0.5, 0.6) is 0 Å². The number of hydrogen-bond acceptors (Lipinski definition) is 3. The van der Waals surface area contributed by atoms with E-state index in [0.29, 0.717) is 13.1 Å². The second-order valence-electron chi connectivity index (χ2n) is 4.69. The SMILES string of the molecule is CC(C)=CC(=O)NC1CCCN(S(C)(=O)=O)C1. The van der Waals surface area contributed by atoms with Crippen LogP contribution < -0.4 is 5.32 Å². The van der Waals surface area contributed by atoms with Gasteiger partial charge in [0, 0.05) is 25.2 Å². The molecule has 0 spiro atoms. The van der Waals surface area contributed by atoms with Gasteiger partial charge in [-0.3, -0.25) is 4.79 Å². The molecule has 1 rings (SSSR count). The summed E-state index contributed by atoms with van der Waals surface area (Å²) in [5.41, 5.74) is 0.929. The van der Waals surface area contributed by atoms with E-state index in [2.05, 4.69) is 5.32 Å². The third-order valence-electron chi connectivity index (χ3n) is 2.62. The summed E-state index contributed by atoms with van der Waals surface area (Å²) in [7, 11) is -3.15. The van der Waals surface area contributed by atoms with Crippen LogP contribution in [0.3, 0.4) is 0 Å². The van der Waals surface area contributed by atoms with Crippen molar-refractivity contribution in [3.05, 3.63) is 11.6 Å². The van der Waals surface area contributed by atoms with Gasteiger partial charge in [0.15, 0.2) is 0 Å². The van der Waals surface area contributed by atoms with E-state index in [1.165, 1.54) is 16.6 Å². The second kappa shape index (κ2) is 5.64. The number of allylic oxidation sites excluding steroid dienone is 1. The first kappa shape index (κ1) is 14.2. The molecule has 1 fully saturated rings. The van der Waals surface area contributed by atoms with Crippen LogP contribution in [0.2, 0.25) is 0 Å². The number of nitrogens with zero attached hydrogens (tertiary/aromatic N) is 1. The first-order chi connectivity index (χ1) is 7.79. The molecule has 1 saturated heterocycles. The summed E-state index contributed by atoms with van der Waals surface area (Å²) in [5, 5.41) is 2.83. The summed E-state index contributed by atoms with van der Waals surface area (Å²) in [5.74, 6) is -0.148. The van der Waals surface area contributed by atoms with E-state index < -0.39 is 10.0 Å². The highest BCUT2D eigenvalue weighted by Gasteiger charge is 2.26. The fourth-order valence-electron chi connectivity index (χ4n) is 1.87. The molecule has 1 atom stereocenters. The van der Waals surface area contributed by atoms with Crippen molar-refractivity contribution >= 4 is 15.9 Å². The van der Waals surface area contributed by atoms with E-state index in [1.54, 1.807) is 0 Å². The maximum Gasteiger partial charge on any atom is 0.244 e. The van der Waals surface area contributed by atoms with Crippen molar-refractivity contribution in [1.82, 2.24) is 9.62 Å². The van der Waals surface area contributed by atoms with Gasteiger partial charge >= 0.3 is 0 Å². The molecule has 5 nitrogen and oxygen atoms in total. The maximum atomic E-state index is 11.5. The lowest BCUT2D eigenvalue weighted by Gasteiger charge is -2.31. The molecular weight excluding hydrogens is 240 g/mol. The third kappa shape index (κ3) is 4.87. The second-order valence-corrected chi connectivity index (χ2v) is 6.67. The highest BCUT2D eigenvalue weighted by Crippen LogP contribution is 2.13. The predicted octanol–water partition coefficient (Wildman–Crippen LogP) is 0.493. The Morgan fingerprint density at radius 2 is 2.06 bits per heavy atom. The number of carbonyl (C=O) groups is 1. The Morgan fingerprint density at radius 3 is 2.59 bits per heavy atom. The zero-order valence-electron chi connectivity index (χ0n) is 10.6. The molecule has 0 aromatic heterocycles. The van der Waals surface area contributed by atoms with E-state index in [4.69, 9.17) is 0 Å². The van der Waals surface area contributed by atoms with Crippen molar-refractivity contribution < 1.29 is 13.2 Å². The van der Waals surface area contributed by atoms with Gasteiger partial charge in [-0.05, 0) is 26.7 Å². The topological polar surface area (TPSA) is 66.5 Å². The molecule has 1 heterocycles. The monoisotopic (exact) mass is 260 g/mol. The summed E-state index contributed by atoms with van der Waals surface area (Å²) in [4.78, 5) is 11.5. The number of amides is 1. The number of carbonyl (C=O) groups excluding carboxylic acids is 1. The summed E-state index contributed by atoms with van der Waals surface area (Å²) in [6, 6.07) is -0.0819. The van der Waals surface area contributed by atoms with Gasteiger partial charge in [-0.1, -0.05) is 5.57 Å². The Bertz CT molecular complexity index is 410. The van der Waals surface area contributed by atoms with Crippen molar-refractivity contribution in [3.8, 4) is 0 Å². The van der Waals surface area contributed by atoms with Gasteiger partial charge in [-0.2, -0.15) is 0 Å². The largest absolute Gasteiger partial charge is 0.348 e. The van der Waals surface area contributed by atoms with Crippen LogP contribution in [-0.2, 0) is 14.8 Å². The van der Waals surface area contributed by atoms with Gasteiger partial charge in [0.2, 0.25) is 15.9 Å². The van der Waals surface area contributed by atoms with Crippen molar-refractivity contribution in [3.63, 3.8) is 0 Å². The van der Waals surface area contributed by atoms with Crippen LogP contribution in [0.1, 0.15) is 26.7 Å². The van der Waals surface area contributed by atoms with E-state index in [-0.39, 0.29) is 11.9 Å². The Morgan fingerprint density at radius 1 is 1.41 bits per heavy atom. The van der Waals surface area contributed by atoms with Crippen molar-refractivity contribution in [1.29, 1.82) is 0 Å². The molecular formula is C11H20N2O3S. The summed E-state index contributed by atoms with van der Waals surface area (Å²) < 4.78 is 24.2. The molecule has 1 amide bonds. The lowest BCUT2D eigenvalue weighted by Crippen LogP contribution is -2.49. The molecule has 1 aliphatic rings. The molecule has 1 aliphatic heterocycles. The quantitative estimate of drug-likeness (QED) is 0.751. The minimum atomic E-state index is -3.15. The van der Waals surface area contributed by atoms with Gasteiger partial charge in [0.1, 0.15) is 0 Å². The lowest BCUT2D eigenvalue weighted by atomic mass is 10.1.